The molecule has 8 bridgehead atoms. The van der Waals surface area contributed by atoms with E-state index in [4.69, 9.17) is 0 Å². The molecule has 10 aliphatic rings. The van der Waals surface area contributed by atoms with Gasteiger partial charge in [0.15, 0.2) is 0 Å². The van der Waals surface area contributed by atoms with Crippen LogP contribution >= 0.6 is 22.7 Å². The van der Waals surface area contributed by atoms with Crippen molar-refractivity contribution in [1.82, 2.24) is 0 Å². The molecule has 73 heavy (non-hydrogen) atoms. The Morgan fingerprint density at radius 2 is 0.918 bits per heavy atom. The fourth-order valence-corrected chi connectivity index (χ4v) is 20.5. The maximum atomic E-state index is 2.86. The number of nitrogens with zero attached hydrogens (tertiary/aromatic N) is 2. The summed E-state index contributed by atoms with van der Waals surface area (Å²) in [5.74, 6) is 6.64. The molecule has 5 heteroatoms. The van der Waals surface area contributed by atoms with Crippen molar-refractivity contribution in [1.29, 1.82) is 0 Å². The highest BCUT2D eigenvalue weighted by atomic mass is 32.1. The summed E-state index contributed by atoms with van der Waals surface area (Å²) in [7, 11) is 0. The van der Waals surface area contributed by atoms with Gasteiger partial charge in [0.05, 0.1) is 11.4 Å². The van der Waals surface area contributed by atoms with E-state index in [0.717, 1.165) is 41.4 Å². The van der Waals surface area contributed by atoms with E-state index in [1.807, 2.05) is 0 Å². The molecule has 4 heterocycles. The van der Waals surface area contributed by atoms with E-state index in [2.05, 4.69) is 213 Å². The minimum Gasteiger partial charge on any atom is -0.310 e. The lowest BCUT2D eigenvalue weighted by molar-refractivity contribution is -0.212. The largest absolute Gasteiger partial charge is 0.310 e. The summed E-state index contributed by atoms with van der Waals surface area (Å²) in [5.41, 5.74) is 19.3. The van der Waals surface area contributed by atoms with Gasteiger partial charge in [-0.3, -0.25) is 0 Å². The van der Waals surface area contributed by atoms with Crippen LogP contribution < -0.4 is 24.8 Å². The van der Waals surface area contributed by atoms with Crippen LogP contribution in [-0.4, -0.2) is 6.71 Å². The van der Waals surface area contributed by atoms with Crippen LogP contribution in [0.15, 0.2) is 91.0 Å². The van der Waals surface area contributed by atoms with Crippen molar-refractivity contribution < 1.29 is 0 Å². The average molecular weight is 997 g/mol. The van der Waals surface area contributed by atoms with Crippen molar-refractivity contribution in [3.8, 4) is 0 Å². The van der Waals surface area contributed by atoms with E-state index in [9.17, 15) is 0 Å². The third-order valence-corrected chi connectivity index (χ3v) is 24.1. The highest BCUT2D eigenvalue weighted by Gasteiger charge is 2.68. The molecule has 0 radical (unpaired) electrons. The van der Waals surface area contributed by atoms with Crippen LogP contribution in [0.1, 0.15) is 175 Å². The van der Waals surface area contributed by atoms with Gasteiger partial charge in [-0.05, 0) is 225 Å². The van der Waals surface area contributed by atoms with Gasteiger partial charge in [0, 0.05) is 52.5 Å². The zero-order chi connectivity index (χ0) is 50.4. The van der Waals surface area contributed by atoms with E-state index in [0.29, 0.717) is 0 Å². The molecule has 7 fully saturated rings. The van der Waals surface area contributed by atoms with Crippen LogP contribution in [0.2, 0.25) is 0 Å². The van der Waals surface area contributed by atoms with Gasteiger partial charge in [0.2, 0.25) is 0 Å². The lowest BCUT2D eigenvalue weighted by atomic mass is 9.32. The Labute approximate surface area is 445 Å². The summed E-state index contributed by atoms with van der Waals surface area (Å²) in [4.78, 5) is 5.67. The lowest BCUT2D eigenvalue weighted by Crippen LogP contribution is -2.66. The van der Waals surface area contributed by atoms with E-state index in [-0.39, 0.29) is 39.2 Å². The fourth-order valence-electron chi connectivity index (χ4n) is 17.8. The molecule has 7 aromatic rings. The number of benzene rings is 5. The molecule has 2 nitrogen and oxygen atoms in total. The quantitative estimate of drug-likeness (QED) is 0.163. The maximum Gasteiger partial charge on any atom is 0.277 e. The van der Waals surface area contributed by atoms with Gasteiger partial charge in [0.1, 0.15) is 0 Å². The number of anilines is 6. The summed E-state index contributed by atoms with van der Waals surface area (Å²) in [5, 5.41) is 2.83. The first-order chi connectivity index (χ1) is 34.5. The average Bonchev–Trinajstić information content (AvgIpc) is 3.92. The first kappa shape index (κ1) is 46.0. The molecule has 7 saturated carbocycles. The molecule has 0 spiro atoms. The van der Waals surface area contributed by atoms with Gasteiger partial charge in [-0.25, -0.2) is 0 Å². The summed E-state index contributed by atoms with van der Waals surface area (Å²) in [6, 6.07) is 38.3. The standard InChI is InChI=1S/C68H77BN2S2/c1-63(2,3)38-14-18-42(19-15-38)70-54-31-41(68-34-49-44-26-37-27-45(49)51(36-68)46(28-37)50(44)35-68)32-55-58(54)69(61-59(70)47-29-39(64(4,5)6)16-22-56(47)72-61)62-60(48-30-40(65(7,8)9)17-23-57(48)73-62)71(55)43-20-21-52-53(33-43)67(12,13)25-24-66(52,10)11/h14-23,29-33,37,44-46,49-51H,24-28,34-36H2,1-13H3/t37?,44-,45-,46?,49?,50?,51?,68-/m0/s1. The normalized spacial score (nSPS) is 28.8. The monoisotopic (exact) mass is 997 g/mol. The molecule has 2 aromatic heterocycles. The smallest absolute Gasteiger partial charge is 0.277 e. The second-order valence-corrected chi connectivity index (χ2v) is 32.0. The van der Waals surface area contributed by atoms with Crippen molar-refractivity contribution >= 4 is 98.7 Å². The minimum atomic E-state index is 0.0245. The van der Waals surface area contributed by atoms with Gasteiger partial charge < -0.3 is 9.80 Å². The summed E-state index contributed by atoms with van der Waals surface area (Å²) >= 11 is 4.15. The predicted molar refractivity (Wildman–Crippen MR) is 316 cm³/mol. The highest BCUT2D eigenvalue weighted by molar-refractivity contribution is 7.40. The molecule has 0 saturated heterocycles. The Balaban J connectivity index is 1.07. The second-order valence-electron chi connectivity index (χ2n) is 29.8. The SMILES string of the molecule is CC(C)(C)c1ccc(N2c3cc([C@]45CC6C7CC8C[C@H]6C(C4)[C@H](C8)C7C5)cc4c3B(c3sc5ccc(C(C)(C)C)cc5c32)c2sc3ccc(C(C)(C)C)cc3c2N4c2ccc3c(c2)C(C)(C)CCC3(C)C)cc1. The van der Waals surface area contributed by atoms with Gasteiger partial charge in [-0.15, -0.1) is 22.7 Å². The lowest BCUT2D eigenvalue weighted by Gasteiger charge is -2.72. The van der Waals surface area contributed by atoms with Crippen molar-refractivity contribution in [2.75, 3.05) is 9.80 Å². The van der Waals surface area contributed by atoms with Crippen molar-refractivity contribution in [2.24, 2.45) is 41.4 Å². The number of fused-ring (bicyclic) bond motifs is 9. The molecule has 0 atom stereocenters. The molecule has 5 aromatic carbocycles. The van der Waals surface area contributed by atoms with Gasteiger partial charge in [-0.2, -0.15) is 0 Å². The molecule has 2 aliphatic heterocycles. The maximum absolute atomic E-state index is 2.86. The third kappa shape index (κ3) is 6.34. The van der Waals surface area contributed by atoms with Crippen LogP contribution in [0, 0.1) is 41.4 Å². The van der Waals surface area contributed by atoms with E-state index in [1.54, 1.807) is 11.1 Å². The van der Waals surface area contributed by atoms with E-state index in [1.165, 1.54) is 143 Å². The summed E-state index contributed by atoms with van der Waals surface area (Å²) in [6.45, 7) is 31.6. The van der Waals surface area contributed by atoms with Crippen LogP contribution in [-0.2, 0) is 32.5 Å². The van der Waals surface area contributed by atoms with Crippen molar-refractivity contribution in [3.05, 3.63) is 124 Å². The Morgan fingerprint density at radius 1 is 0.479 bits per heavy atom. The zero-order valence-corrected chi connectivity index (χ0v) is 47.8. The van der Waals surface area contributed by atoms with Crippen LogP contribution in [0.25, 0.3) is 20.2 Å². The van der Waals surface area contributed by atoms with Gasteiger partial charge >= 0.3 is 0 Å². The number of rotatable bonds is 3. The molecule has 8 aliphatic carbocycles. The molecule has 374 valence electrons. The van der Waals surface area contributed by atoms with Crippen LogP contribution in [0.3, 0.4) is 0 Å². The minimum absolute atomic E-state index is 0.0245. The topological polar surface area (TPSA) is 6.48 Å². The Bertz CT molecular complexity index is 3440. The second kappa shape index (κ2) is 14.6. The summed E-state index contributed by atoms with van der Waals surface area (Å²) in [6.07, 6.45) is 11.2. The molecule has 0 N–H and O–H groups in total. The Morgan fingerprint density at radius 3 is 1.40 bits per heavy atom. The number of hydrogen-bond acceptors (Lipinski definition) is 4. The molecule has 0 unspecified atom stereocenters. The van der Waals surface area contributed by atoms with Crippen LogP contribution in [0.5, 0.6) is 0 Å². The van der Waals surface area contributed by atoms with Crippen molar-refractivity contribution in [2.45, 2.75) is 174 Å². The zero-order valence-electron chi connectivity index (χ0n) is 46.1. The summed E-state index contributed by atoms with van der Waals surface area (Å²) < 4.78 is 5.81. The van der Waals surface area contributed by atoms with E-state index >= 15 is 0 Å². The Kier molecular flexibility index (Phi) is 9.19. The van der Waals surface area contributed by atoms with Gasteiger partial charge in [-0.1, -0.05) is 120 Å². The predicted octanol–water partition coefficient (Wildman–Crippen LogP) is 17.4. The number of hydrogen-bond donors (Lipinski definition) is 0. The van der Waals surface area contributed by atoms with Crippen molar-refractivity contribution in [3.63, 3.8) is 0 Å². The molecular formula is C68H77BN2S2. The Hall–Kier alpha value is -4.32. The molecule has 0 amide bonds. The first-order valence-corrected chi connectivity index (χ1v) is 30.3. The molecule has 17 rings (SSSR count). The highest BCUT2D eigenvalue weighted by Crippen LogP contribution is 2.75. The third-order valence-electron chi connectivity index (χ3n) is 21.7. The first-order valence-electron chi connectivity index (χ1n) is 28.7. The fraction of sp³-hybridized carbons (Fsp3) is 0.500. The van der Waals surface area contributed by atoms with E-state index < -0.39 is 0 Å². The molecular weight excluding hydrogens is 920 g/mol. The van der Waals surface area contributed by atoms with Gasteiger partial charge in [0.25, 0.3) is 6.71 Å². The number of thiophene rings is 2. The van der Waals surface area contributed by atoms with Crippen LogP contribution in [0.4, 0.5) is 34.1 Å².